The summed E-state index contributed by atoms with van der Waals surface area (Å²) in [7, 11) is 0. The fourth-order valence-electron chi connectivity index (χ4n) is 4.49. The average Bonchev–Trinajstić information content (AvgIpc) is 2.77. The first-order valence-electron chi connectivity index (χ1n) is 10.6. The van der Waals surface area contributed by atoms with E-state index in [4.69, 9.17) is 4.98 Å². The number of aromatic nitrogens is 1. The van der Waals surface area contributed by atoms with Crippen LogP contribution in [0.5, 0.6) is 0 Å². The number of benzene rings is 4. The fraction of sp³-hybridized carbons (Fsp3) is 0.143. The van der Waals surface area contributed by atoms with E-state index in [0.717, 1.165) is 27.4 Å². The van der Waals surface area contributed by atoms with Crippen LogP contribution in [0.4, 0.5) is 0 Å². The molecule has 0 N–H and O–H groups in total. The number of hydrogen-bond donors (Lipinski definition) is 0. The van der Waals surface area contributed by atoms with Crippen molar-refractivity contribution in [2.75, 3.05) is 0 Å². The van der Waals surface area contributed by atoms with Gasteiger partial charge in [0.15, 0.2) is 0 Å². The van der Waals surface area contributed by atoms with Crippen molar-refractivity contribution in [3.63, 3.8) is 0 Å². The number of nitrogens with zero attached hydrogens (tertiary/aromatic N) is 2. The van der Waals surface area contributed by atoms with Crippen LogP contribution < -0.4 is 4.40 Å². The van der Waals surface area contributed by atoms with Gasteiger partial charge in [0.25, 0.3) is 0 Å². The Balaban J connectivity index is 1.82. The summed E-state index contributed by atoms with van der Waals surface area (Å²) in [6.45, 7) is 2.19. The van der Waals surface area contributed by atoms with E-state index < -0.39 is 13.3 Å². The van der Waals surface area contributed by atoms with Gasteiger partial charge in [-0.05, 0) is 0 Å². The molecule has 0 radical (unpaired) electrons. The molecule has 0 saturated heterocycles. The predicted octanol–water partition coefficient (Wildman–Crippen LogP) is 6.93. The Bertz CT molecular complexity index is 1540. The zero-order chi connectivity index (χ0) is 21.8. The number of fused-ring (bicyclic) bond motifs is 4. The molecule has 31 heavy (non-hydrogen) atoms. The Morgan fingerprint density at radius 3 is 2.32 bits per heavy atom. The molecule has 0 unspecified atom stereocenters. The molecule has 0 bridgehead atoms. The first-order valence-corrected chi connectivity index (χ1v) is 18.0. The van der Waals surface area contributed by atoms with E-state index in [-0.39, 0.29) is 0 Å². The number of nitriles is 1. The Labute approximate surface area is 185 Å². The quantitative estimate of drug-likeness (QED) is 0.211. The third-order valence-electron chi connectivity index (χ3n) is 6.21. The normalized spacial score (nSPS) is 11.8. The Kier molecular flexibility index (Phi) is 4.61. The zero-order valence-electron chi connectivity index (χ0n) is 18.3. The van der Waals surface area contributed by atoms with Gasteiger partial charge in [-0.25, -0.2) is 0 Å². The van der Waals surface area contributed by atoms with Crippen molar-refractivity contribution < 1.29 is 0 Å². The van der Waals surface area contributed by atoms with E-state index in [9.17, 15) is 5.26 Å². The molecule has 0 fully saturated rings. The molecule has 5 rings (SSSR count). The van der Waals surface area contributed by atoms with Crippen LogP contribution in [0, 0.1) is 18.3 Å². The molecule has 0 aliphatic rings. The summed E-state index contributed by atoms with van der Waals surface area (Å²) in [6, 6.07) is 25.9. The van der Waals surface area contributed by atoms with Crippen molar-refractivity contribution in [3.8, 4) is 17.3 Å². The van der Waals surface area contributed by atoms with Crippen molar-refractivity contribution in [2.45, 2.75) is 24.2 Å². The summed E-state index contributed by atoms with van der Waals surface area (Å²) in [5.41, 5.74) is 3.88. The minimum absolute atomic E-state index is 0.686. The van der Waals surface area contributed by atoms with Gasteiger partial charge < -0.3 is 0 Å². The van der Waals surface area contributed by atoms with Crippen molar-refractivity contribution in [1.82, 2.24) is 4.98 Å². The Hall–Kier alpha value is -3.16. The molecule has 1 heterocycles. The van der Waals surface area contributed by atoms with Gasteiger partial charge in [0.05, 0.1) is 0 Å². The van der Waals surface area contributed by atoms with Crippen LogP contribution in [-0.2, 0) is 0 Å². The van der Waals surface area contributed by atoms with Crippen molar-refractivity contribution >= 4 is 50.0 Å². The van der Waals surface area contributed by atoms with Crippen LogP contribution in [0.15, 0.2) is 72.9 Å². The maximum atomic E-state index is 9.73. The number of aryl methyl sites for hydroxylation is 1. The molecule has 150 valence electrons. The average molecular weight is 461 g/mol. The predicted molar refractivity (Wildman–Crippen MR) is 135 cm³/mol. The molecule has 0 atom stereocenters. The van der Waals surface area contributed by atoms with Crippen molar-refractivity contribution in [1.29, 1.82) is 5.26 Å². The summed E-state index contributed by atoms with van der Waals surface area (Å²) in [4.78, 5) is 4.76. The number of pyridine rings is 1. The van der Waals surface area contributed by atoms with Crippen molar-refractivity contribution in [3.05, 3.63) is 84.1 Å². The summed E-state index contributed by atoms with van der Waals surface area (Å²) in [5, 5.41) is 16.7. The van der Waals surface area contributed by atoms with Gasteiger partial charge >= 0.3 is 180 Å². The molecule has 0 aliphatic carbocycles. The van der Waals surface area contributed by atoms with Gasteiger partial charge in [-0.15, -0.1) is 0 Å². The monoisotopic (exact) mass is 462 g/mol. The molecule has 1 aromatic heterocycles. The fourth-order valence-corrected chi connectivity index (χ4v) is 6.93. The maximum absolute atomic E-state index is 9.73. The SMILES string of the molecule is Cc1cc2c(-c3cc(C#N)c4ccccc4c3)nccc2c2cc[c]([Ge]([CH3])([CH3])[CH3])cc12. The van der Waals surface area contributed by atoms with E-state index in [0.29, 0.717) is 5.56 Å². The molecular weight excluding hydrogens is 437 g/mol. The molecule has 4 aromatic carbocycles. The summed E-state index contributed by atoms with van der Waals surface area (Å²) < 4.78 is 1.53. The van der Waals surface area contributed by atoms with Crippen LogP contribution >= 0.6 is 0 Å². The summed E-state index contributed by atoms with van der Waals surface area (Å²) in [6.07, 6.45) is 1.89. The van der Waals surface area contributed by atoms with E-state index in [1.807, 2.05) is 30.5 Å². The van der Waals surface area contributed by atoms with Crippen LogP contribution in [0.1, 0.15) is 11.1 Å². The molecule has 5 aromatic rings. The second-order valence-corrected chi connectivity index (χ2v) is 20.0. The van der Waals surface area contributed by atoms with Crippen molar-refractivity contribution in [2.24, 2.45) is 0 Å². The second-order valence-electron chi connectivity index (χ2n) is 9.32. The van der Waals surface area contributed by atoms with E-state index in [1.165, 1.54) is 26.1 Å². The van der Waals surface area contributed by atoms with Crippen LogP contribution in [0.2, 0.25) is 17.3 Å². The van der Waals surface area contributed by atoms with Gasteiger partial charge in [0, 0.05) is 0 Å². The van der Waals surface area contributed by atoms with Gasteiger partial charge in [0.1, 0.15) is 0 Å². The van der Waals surface area contributed by atoms with Crippen LogP contribution in [0.3, 0.4) is 0 Å². The Morgan fingerprint density at radius 2 is 1.55 bits per heavy atom. The van der Waals surface area contributed by atoms with E-state index in [1.54, 1.807) is 0 Å². The molecule has 0 saturated carbocycles. The standard InChI is InChI=1S/C28H24GeN2/c1-18-13-27-25(24-10-9-22(16-26(18)24)29(2,3)4)11-12-31-28(27)20-14-19-7-5-6-8-23(19)21(15-20)17-30/h5-16H,1-4H3. The molecule has 3 heteroatoms. The second kappa shape index (κ2) is 7.22. The molecule has 0 amide bonds. The summed E-state index contributed by atoms with van der Waals surface area (Å²) >= 11 is -1.91. The molecular formula is C28H24GeN2. The van der Waals surface area contributed by atoms with Gasteiger partial charge in [-0.1, -0.05) is 6.07 Å². The topological polar surface area (TPSA) is 36.7 Å². The first-order chi connectivity index (χ1) is 14.9. The number of rotatable bonds is 2. The molecule has 2 nitrogen and oxygen atoms in total. The minimum atomic E-state index is -1.91. The molecule has 0 aliphatic heterocycles. The van der Waals surface area contributed by atoms with Crippen LogP contribution in [-0.4, -0.2) is 18.3 Å². The van der Waals surface area contributed by atoms with Gasteiger partial charge in [-0.3, -0.25) is 0 Å². The first kappa shape index (κ1) is 19.8. The van der Waals surface area contributed by atoms with E-state index in [2.05, 4.69) is 72.7 Å². The Morgan fingerprint density at radius 1 is 0.774 bits per heavy atom. The van der Waals surface area contributed by atoms with Gasteiger partial charge in [0.2, 0.25) is 0 Å². The third-order valence-corrected chi connectivity index (χ3v) is 10.5. The van der Waals surface area contributed by atoms with Gasteiger partial charge in [-0.2, -0.15) is 0 Å². The third kappa shape index (κ3) is 3.30. The molecule has 0 spiro atoms. The van der Waals surface area contributed by atoms with E-state index >= 15 is 0 Å². The zero-order valence-corrected chi connectivity index (χ0v) is 20.4. The van der Waals surface area contributed by atoms with Crippen LogP contribution in [0.25, 0.3) is 43.6 Å². The summed E-state index contributed by atoms with van der Waals surface area (Å²) in [5.74, 6) is 7.31. The number of hydrogen-bond acceptors (Lipinski definition) is 2.